The van der Waals surface area contributed by atoms with Crippen LogP contribution in [0.2, 0.25) is 0 Å². The minimum Gasteiger partial charge on any atom is -0.395 e. The van der Waals surface area contributed by atoms with E-state index in [0.717, 1.165) is 31.5 Å². The molecular weight excluding hydrogens is 320 g/mol. The van der Waals surface area contributed by atoms with Gasteiger partial charge in [-0.1, -0.05) is 18.6 Å². The van der Waals surface area contributed by atoms with Crippen LogP contribution >= 0.6 is 0 Å². The number of aromatic nitrogens is 4. The Bertz CT molecular complexity index is 699. The first-order chi connectivity index (χ1) is 12.2. The van der Waals surface area contributed by atoms with E-state index in [-0.39, 0.29) is 18.6 Å². The van der Waals surface area contributed by atoms with Crippen molar-refractivity contribution in [3.8, 4) is 11.4 Å². The van der Waals surface area contributed by atoms with E-state index >= 15 is 0 Å². The number of hydrogen-bond acceptors (Lipinski definition) is 6. The molecule has 1 aliphatic heterocycles. The van der Waals surface area contributed by atoms with E-state index in [1.54, 1.807) is 19.2 Å². The van der Waals surface area contributed by atoms with Gasteiger partial charge in [-0.15, -0.1) is 10.2 Å². The molecule has 1 aliphatic rings. The van der Waals surface area contributed by atoms with Crippen LogP contribution in [0.15, 0.2) is 24.3 Å². The smallest absolute Gasteiger partial charge is 0.251 e. The van der Waals surface area contributed by atoms with Gasteiger partial charge >= 0.3 is 0 Å². The number of aliphatic hydroxyl groups excluding tert-OH is 1. The standard InChI is InChI=1S/C17H24N6O2/c1-22-20-16(19-21-22)13-5-7-14(8-6-13)17(25)18-9-11-23-10-3-2-4-15(23)12-24/h5-8,15,24H,2-4,9-12H2,1H3,(H,18,25)/t15-/m1/s1. The SMILES string of the molecule is Cn1nnc(-c2ccc(C(=O)NCCN3CCCC[C@@H]3CO)cc2)n1. The topological polar surface area (TPSA) is 96.2 Å². The van der Waals surface area contributed by atoms with Gasteiger partial charge in [0.25, 0.3) is 5.91 Å². The first-order valence-corrected chi connectivity index (χ1v) is 8.65. The van der Waals surface area contributed by atoms with Crippen LogP contribution in [0.5, 0.6) is 0 Å². The molecule has 0 bridgehead atoms. The number of amides is 1. The minimum atomic E-state index is -0.101. The maximum absolute atomic E-state index is 12.3. The summed E-state index contributed by atoms with van der Waals surface area (Å²) in [5.41, 5.74) is 1.42. The zero-order valence-corrected chi connectivity index (χ0v) is 14.4. The molecule has 0 unspecified atom stereocenters. The zero-order chi connectivity index (χ0) is 17.6. The largest absolute Gasteiger partial charge is 0.395 e. The molecule has 2 heterocycles. The van der Waals surface area contributed by atoms with Crippen LogP contribution in [-0.4, -0.2) is 68.4 Å². The lowest BCUT2D eigenvalue weighted by molar-refractivity contribution is 0.0849. The summed E-state index contributed by atoms with van der Waals surface area (Å²) in [7, 11) is 1.71. The van der Waals surface area contributed by atoms with Crippen molar-refractivity contribution in [1.82, 2.24) is 30.4 Å². The molecule has 3 rings (SSSR count). The highest BCUT2D eigenvalue weighted by Crippen LogP contribution is 2.16. The maximum Gasteiger partial charge on any atom is 0.251 e. The molecule has 1 fully saturated rings. The first kappa shape index (κ1) is 17.5. The predicted molar refractivity (Wildman–Crippen MR) is 92.9 cm³/mol. The Kier molecular flexibility index (Phi) is 5.72. The van der Waals surface area contributed by atoms with E-state index < -0.39 is 0 Å². The van der Waals surface area contributed by atoms with Crippen molar-refractivity contribution in [1.29, 1.82) is 0 Å². The maximum atomic E-state index is 12.3. The lowest BCUT2D eigenvalue weighted by Crippen LogP contribution is -2.45. The van der Waals surface area contributed by atoms with Gasteiger partial charge < -0.3 is 10.4 Å². The average Bonchev–Trinajstić information content (AvgIpc) is 3.08. The molecule has 2 aromatic rings. The lowest BCUT2D eigenvalue weighted by atomic mass is 10.0. The fraction of sp³-hybridized carbons (Fsp3) is 0.529. The molecule has 0 radical (unpaired) electrons. The van der Waals surface area contributed by atoms with Crippen LogP contribution < -0.4 is 5.32 Å². The normalized spacial score (nSPS) is 18.2. The van der Waals surface area contributed by atoms with Crippen molar-refractivity contribution in [2.24, 2.45) is 7.05 Å². The Labute approximate surface area is 146 Å². The van der Waals surface area contributed by atoms with Gasteiger partial charge in [0.2, 0.25) is 5.82 Å². The van der Waals surface area contributed by atoms with Crippen LogP contribution in [0.25, 0.3) is 11.4 Å². The molecule has 1 amide bonds. The number of carbonyl (C=O) groups excluding carboxylic acids is 1. The Balaban J connectivity index is 1.51. The molecule has 1 aromatic heterocycles. The van der Waals surface area contributed by atoms with Gasteiger partial charge in [-0.2, -0.15) is 4.80 Å². The summed E-state index contributed by atoms with van der Waals surface area (Å²) < 4.78 is 0. The van der Waals surface area contributed by atoms with Gasteiger partial charge in [0, 0.05) is 30.3 Å². The summed E-state index contributed by atoms with van der Waals surface area (Å²) in [4.78, 5) is 15.9. The van der Waals surface area contributed by atoms with E-state index in [9.17, 15) is 9.90 Å². The average molecular weight is 344 g/mol. The Morgan fingerprint density at radius 3 is 2.80 bits per heavy atom. The number of carbonyl (C=O) groups is 1. The van der Waals surface area contributed by atoms with Gasteiger partial charge in [0.15, 0.2) is 0 Å². The fourth-order valence-electron chi connectivity index (χ4n) is 3.15. The van der Waals surface area contributed by atoms with E-state index in [1.807, 2.05) is 12.1 Å². The van der Waals surface area contributed by atoms with E-state index in [1.165, 1.54) is 11.2 Å². The van der Waals surface area contributed by atoms with E-state index in [4.69, 9.17) is 0 Å². The quantitative estimate of drug-likeness (QED) is 0.790. The fourth-order valence-corrected chi connectivity index (χ4v) is 3.15. The summed E-state index contributed by atoms with van der Waals surface area (Å²) in [6.07, 6.45) is 3.35. The molecule has 1 atom stereocenters. The summed E-state index contributed by atoms with van der Waals surface area (Å²) in [5, 5.41) is 24.3. The molecule has 8 heteroatoms. The monoisotopic (exact) mass is 344 g/mol. The molecule has 0 aliphatic carbocycles. The number of aryl methyl sites for hydroxylation is 1. The molecular formula is C17H24N6O2. The van der Waals surface area contributed by atoms with Crippen LogP contribution in [0, 0.1) is 0 Å². The third-order valence-corrected chi connectivity index (χ3v) is 4.56. The highest BCUT2D eigenvalue weighted by molar-refractivity contribution is 5.94. The van der Waals surface area contributed by atoms with E-state index in [0.29, 0.717) is 17.9 Å². The number of piperidine rings is 1. The molecule has 1 saturated heterocycles. The van der Waals surface area contributed by atoms with Crippen molar-refractivity contribution >= 4 is 5.91 Å². The number of likely N-dealkylation sites (tertiary alicyclic amines) is 1. The van der Waals surface area contributed by atoms with Gasteiger partial charge in [0.1, 0.15) is 0 Å². The summed E-state index contributed by atoms with van der Waals surface area (Å²) >= 11 is 0. The molecule has 134 valence electrons. The Morgan fingerprint density at radius 2 is 2.12 bits per heavy atom. The zero-order valence-electron chi connectivity index (χ0n) is 14.4. The minimum absolute atomic E-state index is 0.101. The Morgan fingerprint density at radius 1 is 1.32 bits per heavy atom. The van der Waals surface area contributed by atoms with Crippen LogP contribution in [0.3, 0.4) is 0 Å². The van der Waals surface area contributed by atoms with Gasteiger partial charge in [-0.05, 0) is 36.7 Å². The molecule has 2 N–H and O–H groups in total. The van der Waals surface area contributed by atoms with Crippen molar-refractivity contribution in [3.63, 3.8) is 0 Å². The number of aliphatic hydroxyl groups is 1. The Hall–Kier alpha value is -2.32. The first-order valence-electron chi connectivity index (χ1n) is 8.65. The number of tetrazole rings is 1. The second kappa shape index (κ2) is 8.17. The summed E-state index contributed by atoms with van der Waals surface area (Å²) in [6, 6.07) is 7.39. The number of benzene rings is 1. The molecule has 0 saturated carbocycles. The number of rotatable bonds is 6. The van der Waals surface area contributed by atoms with Crippen molar-refractivity contribution in [2.75, 3.05) is 26.2 Å². The van der Waals surface area contributed by atoms with Crippen LogP contribution in [0.1, 0.15) is 29.6 Å². The molecule has 25 heavy (non-hydrogen) atoms. The van der Waals surface area contributed by atoms with E-state index in [2.05, 4.69) is 25.6 Å². The molecule has 1 aromatic carbocycles. The summed E-state index contributed by atoms with van der Waals surface area (Å²) in [6.45, 7) is 2.51. The van der Waals surface area contributed by atoms with Gasteiger partial charge in [-0.3, -0.25) is 9.69 Å². The third kappa shape index (κ3) is 4.40. The van der Waals surface area contributed by atoms with Gasteiger partial charge in [0.05, 0.1) is 13.7 Å². The molecule has 0 spiro atoms. The highest BCUT2D eigenvalue weighted by Gasteiger charge is 2.21. The number of nitrogens with one attached hydrogen (secondary N) is 1. The second-order valence-corrected chi connectivity index (χ2v) is 6.30. The lowest BCUT2D eigenvalue weighted by Gasteiger charge is -2.34. The van der Waals surface area contributed by atoms with Crippen molar-refractivity contribution in [2.45, 2.75) is 25.3 Å². The van der Waals surface area contributed by atoms with Gasteiger partial charge in [-0.25, -0.2) is 0 Å². The molecule has 8 nitrogen and oxygen atoms in total. The second-order valence-electron chi connectivity index (χ2n) is 6.30. The third-order valence-electron chi connectivity index (χ3n) is 4.56. The number of hydrogen-bond donors (Lipinski definition) is 2. The summed E-state index contributed by atoms with van der Waals surface area (Å²) in [5.74, 6) is 0.436. The number of nitrogens with zero attached hydrogens (tertiary/aromatic N) is 5. The predicted octanol–water partition coefficient (Wildman–Crippen LogP) is 0.454. The van der Waals surface area contributed by atoms with Crippen LogP contribution in [-0.2, 0) is 7.05 Å². The highest BCUT2D eigenvalue weighted by atomic mass is 16.3. The van der Waals surface area contributed by atoms with Crippen LogP contribution in [0.4, 0.5) is 0 Å². The van der Waals surface area contributed by atoms with Crippen molar-refractivity contribution in [3.05, 3.63) is 29.8 Å². The van der Waals surface area contributed by atoms with Crippen molar-refractivity contribution < 1.29 is 9.90 Å².